The van der Waals surface area contributed by atoms with Crippen LogP contribution in [0, 0.1) is 0 Å². The predicted molar refractivity (Wildman–Crippen MR) is 108 cm³/mol. The summed E-state index contributed by atoms with van der Waals surface area (Å²) >= 11 is 0. The summed E-state index contributed by atoms with van der Waals surface area (Å²) in [5, 5.41) is 11.8. The molecule has 3 rings (SSSR count). The molecule has 0 atom stereocenters. The molecule has 0 aliphatic rings. The van der Waals surface area contributed by atoms with Crippen molar-refractivity contribution >= 4 is 35.6 Å². The van der Waals surface area contributed by atoms with Crippen LogP contribution in [0.5, 0.6) is 0 Å². The normalized spacial score (nSPS) is 10.3. The summed E-state index contributed by atoms with van der Waals surface area (Å²) in [6.07, 6.45) is 0.363. The van der Waals surface area contributed by atoms with Gasteiger partial charge < -0.3 is 14.6 Å². The molecule has 4 nitrogen and oxygen atoms in total. The lowest BCUT2D eigenvalue weighted by Crippen LogP contribution is -2.36. The molecule has 0 radical (unpaired) electrons. The maximum absolute atomic E-state index is 12.4. The molecular formula is C22H21O4P. The molecular weight excluding hydrogens is 359 g/mol. The second-order valence-electron chi connectivity index (χ2n) is 5.65. The van der Waals surface area contributed by atoms with E-state index in [4.69, 9.17) is 14.6 Å². The van der Waals surface area contributed by atoms with E-state index in [2.05, 4.69) is 36.4 Å². The van der Waals surface area contributed by atoms with Crippen molar-refractivity contribution in [2.24, 2.45) is 0 Å². The predicted octanol–water partition coefficient (Wildman–Crippen LogP) is 1.52. The minimum Gasteiger partial charge on any atom is -0.554 e. The van der Waals surface area contributed by atoms with Gasteiger partial charge in [0.05, 0.1) is 7.11 Å². The third kappa shape index (κ3) is 4.81. The van der Waals surface area contributed by atoms with Gasteiger partial charge in [0, 0.05) is 6.47 Å². The highest BCUT2D eigenvalue weighted by Gasteiger charge is 2.47. The summed E-state index contributed by atoms with van der Waals surface area (Å²) in [6.45, 7) is -0.500. The molecule has 0 amide bonds. The van der Waals surface area contributed by atoms with Crippen molar-refractivity contribution in [3.05, 3.63) is 91.0 Å². The third-order valence-electron chi connectivity index (χ3n) is 4.18. The van der Waals surface area contributed by atoms with Gasteiger partial charge in [-0.3, -0.25) is 0 Å². The van der Waals surface area contributed by atoms with Crippen LogP contribution in [0.1, 0.15) is 0 Å². The van der Waals surface area contributed by atoms with Gasteiger partial charge in [-0.15, -0.1) is 0 Å². The maximum atomic E-state index is 12.4. The number of hydrogen-bond acceptors (Lipinski definition) is 4. The molecule has 3 aromatic rings. The zero-order valence-corrected chi connectivity index (χ0v) is 15.9. The number of carbonyl (C=O) groups is 2. The fourth-order valence-electron chi connectivity index (χ4n) is 3.03. The van der Waals surface area contributed by atoms with Crippen LogP contribution in [0.4, 0.5) is 0 Å². The van der Waals surface area contributed by atoms with Crippen LogP contribution in [0.25, 0.3) is 0 Å². The Morgan fingerprint density at radius 2 is 1.11 bits per heavy atom. The van der Waals surface area contributed by atoms with Crippen LogP contribution in [0.3, 0.4) is 0 Å². The minimum absolute atomic E-state index is 0.181. The number of hydrogen-bond donors (Lipinski definition) is 0. The Morgan fingerprint density at radius 3 is 1.37 bits per heavy atom. The molecule has 27 heavy (non-hydrogen) atoms. The van der Waals surface area contributed by atoms with E-state index in [1.54, 1.807) is 0 Å². The Kier molecular flexibility index (Phi) is 7.72. The molecule has 3 aromatic carbocycles. The van der Waals surface area contributed by atoms with Crippen LogP contribution in [0.2, 0.25) is 0 Å². The number of benzene rings is 3. The van der Waals surface area contributed by atoms with Crippen molar-refractivity contribution in [2.75, 3.05) is 13.3 Å². The Hall–Kier alpha value is -2.97. The monoisotopic (exact) mass is 380 g/mol. The van der Waals surface area contributed by atoms with Gasteiger partial charge in [0.1, 0.15) is 23.2 Å². The van der Waals surface area contributed by atoms with Gasteiger partial charge in [0.25, 0.3) is 0 Å². The Balaban J connectivity index is 0.000000817. The average Bonchev–Trinajstić information content (AvgIpc) is 2.74. The van der Waals surface area contributed by atoms with E-state index in [0.29, 0.717) is 6.16 Å². The molecule has 5 heteroatoms. The Morgan fingerprint density at radius 1 is 0.815 bits per heavy atom. The number of ether oxygens (including phenoxy) is 1. The van der Waals surface area contributed by atoms with E-state index in [9.17, 15) is 4.79 Å². The zero-order valence-electron chi connectivity index (χ0n) is 15.0. The molecule has 0 aliphatic carbocycles. The van der Waals surface area contributed by atoms with Gasteiger partial charge in [-0.25, -0.2) is 4.79 Å². The van der Waals surface area contributed by atoms with Crippen LogP contribution >= 0.6 is 7.26 Å². The molecule has 0 unspecified atom stereocenters. The van der Waals surface area contributed by atoms with Gasteiger partial charge in [-0.05, 0) is 36.4 Å². The van der Waals surface area contributed by atoms with Crippen molar-refractivity contribution in [3.8, 4) is 0 Å². The first-order chi connectivity index (χ1) is 13.2. The highest BCUT2D eigenvalue weighted by Crippen LogP contribution is 2.55. The highest BCUT2D eigenvalue weighted by atomic mass is 31.2. The molecule has 0 heterocycles. The Labute approximate surface area is 159 Å². The average molecular weight is 380 g/mol. The third-order valence-corrected chi connectivity index (χ3v) is 8.46. The second kappa shape index (κ2) is 10.2. The van der Waals surface area contributed by atoms with Gasteiger partial charge in [-0.1, -0.05) is 54.6 Å². The van der Waals surface area contributed by atoms with Crippen LogP contribution < -0.4 is 21.0 Å². The lowest BCUT2D eigenvalue weighted by atomic mass is 10.4. The molecule has 0 N–H and O–H groups in total. The fourth-order valence-corrected chi connectivity index (χ4v) is 7.03. The minimum atomic E-state index is -2.10. The van der Waals surface area contributed by atoms with Crippen molar-refractivity contribution in [2.45, 2.75) is 0 Å². The molecule has 0 aromatic heterocycles. The summed E-state index contributed by atoms with van der Waals surface area (Å²) in [7, 11) is -0.644. The highest BCUT2D eigenvalue weighted by molar-refractivity contribution is 7.96. The lowest BCUT2D eigenvalue weighted by molar-refractivity contribution is -0.283. The van der Waals surface area contributed by atoms with E-state index >= 15 is 0 Å². The Bertz CT molecular complexity index is 739. The SMILES string of the molecule is COC(=O)C[P+](c1ccccc1)(c1ccccc1)c1ccccc1.O=C[O-]. The first kappa shape index (κ1) is 20.3. The van der Waals surface area contributed by atoms with Gasteiger partial charge in [-0.2, -0.15) is 0 Å². The number of methoxy groups -OCH3 is 1. The summed E-state index contributed by atoms with van der Waals surface area (Å²) in [5.74, 6) is -0.181. The van der Waals surface area contributed by atoms with E-state index in [1.165, 1.54) is 23.0 Å². The van der Waals surface area contributed by atoms with E-state index < -0.39 is 13.7 Å². The second-order valence-corrected chi connectivity index (χ2v) is 9.13. The quantitative estimate of drug-likeness (QED) is 0.382. The van der Waals surface area contributed by atoms with E-state index in [0.717, 1.165) is 0 Å². The summed E-state index contributed by atoms with van der Waals surface area (Å²) in [6, 6.07) is 31.0. The number of rotatable bonds is 5. The topological polar surface area (TPSA) is 66.4 Å². The first-order valence-corrected chi connectivity index (χ1v) is 10.3. The summed E-state index contributed by atoms with van der Waals surface area (Å²) in [4.78, 5) is 20.6. The zero-order chi connectivity index (χ0) is 19.5. The summed E-state index contributed by atoms with van der Waals surface area (Å²) < 4.78 is 5.06. The molecule has 0 saturated carbocycles. The van der Waals surface area contributed by atoms with Crippen molar-refractivity contribution in [1.82, 2.24) is 0 Å². The largest absolute Gasteiger partial charge is 0.554 e. The van der Waals surface area contributed by atoms with E-state index in [1.807, 2.05) is 54.6 Å². The number of carbonyl (C=O) groups excluding carboxylic acids is 2. The van der Waals surface area contributed by atoms with E-state index in [-0.39, 0.29) is 5.97 Å². The van der Waals surface area contributed by atoms with Crippen LogP contribution in [-0.2, 0) is 14.3 Å². The van der Waals surface area contributed by atoms with Crippen molar-refractivity contribution in [1.29, 1.82) is 0 Å². The summed E-state index contributed by atoms with van der Waals surface area (Å²) in [5.41, 5.74) is 0. The molecule has 0 saturated heterocycles. The maximum Gasteiger partial charge on any atom is 0.344 e. The lowest BCUT2D eigenvalue weighted by Gasteiger charge is -2.26. The van der Waals surface area contributed by atoms with Crippen LogP contribution in [-0.4, -0.2) is 25.7 Å². The molecule has 0 bridgehead atoms. The van der Waals surface area contributed by atoms with Crippen molar-refractivity contribution in [3.63, 3.8) is 0 Å². The van der Waals surface area contributed by atoms with Gasteiger partial charge >= 0.3 is 5.97 Å². The van der Waals surface area contributed by atoms with Gasteiger partial charge in [0.15, 0.2) is 6.16 Å². The molecule has 0 fully saturated rings. The van der Waals surface area contributed by atoms with Gasteiger partial charge in [0.2, 0.25) is 0 Å². The number of carboxylic acid groups (broad SMARTS) is 1. The van der Waals surface area contributed by atoms with Crippen LogP contribution in [0.15, 0.2) is 91.0 Å². The fraction of sp³-hybridized carbons (Fsp3) is 0.0909. The first-order valence-electron chi connectivity index (χ1n) is 8.36. The molecule has 0 aliphatic heterocycles. The number of esters is 1. The molecule has 0 spiro atoms. The molecule has 138 valence electrons. The van der Waals surface area contributed by atoms with Crippen molar-refractivity contribution < 1.29 is 19.4 Å². The smallest absolute Gasteiger partial charge is 0.344 e. The standard InChI is InChI=1S/C21H20O2P.CH2O2/c1-23-21(22)17-24(18-11-5-2-6-12-18,19-13-7-3-8-14-19)20-15-9-4-10-16-20;2-1-3/h2-16H,17H2,1H3;1H,(H,2,3)/q+1;/p-1.